The number of rotatable bonds is 3. The number of anilines is 2. The number of pyridine rings is 1. The first-order chi connectivity index (χ1) is 7.79. The van der Waals surface area contributed by atoms with Gasteiger partial charge in [0, 0.05) is 18.0 Å². The van der Waals surface area contributed by atoms with Crippen molar-refractivity contribution in [3.63, 3.8) is 0 Å². The van der Waals surface area contributed by atoms with Gasteiger partial charge >= 0.3 is 0 Å². The summed E-state index contributed by atoms with van der Waals surface area (Å²) in [6, 6.07) is 10.2. The van der Waals surface area contributed by atoms with E-state index >= 15 is 0 Å². The van der Waals surface area contributed by atoms with Crippen molar-refractivity contribution in [3.8, 4) is 5.75 Å². The van der Waals surface area contributed by atoms with E-state index in [0.29, 0.717) is 11.5 Å². The van der Waals surface area contributed by atoms with Crippen LogP contribution in [0.5, 0.6) is 5.75 Å². The highest BCUT2D eigenvalue weighted by Gasteiger charge is 2.03. The molecule has 0 fully saturated rings. The van der Waals surface area contributed by atoms with Crippen LogP contribution in [0, 0.1) is 5.82 Å². The SMILES string of the molecule is COc1ccc(Nc2ccccn2)cc1F. The van der Waals surface area contributed by atoms with Crippen LogP contribution in [0.25, 0.3) is 0 Å². The summed E-state index contributed by atoms with van der Waals surface area (Å²) in [6.07, 6.45) is 1.67. The van der Waals surface area contributed by atoms with Gasteiger partial charge in [-0.25, -0.2) is 9.37 Å². The highest BCUT2D eigenvalue weighted by Crippen LogP contribution is 2.22. The maximum atomic E-state index is 13.4. The Morgan fingerprint density at radius 2 is 2.12 bits per heavy atom. The van der Waals surface area contributed by atoms with Gasteiger partial charge < -0.3 is 10.1 Å². The summed E-state index contributed by atoms with van der Waals surface area (Å²) in [5.41, 5.74) is 0.636. The van der Waals surface area contributed by atoms with Gasteiger partial charge in [0.25, 0.3) is 0 Å². The third kappa shape index (κ3) is 2.28. The van der Waals surface area contributed by atoms with E-state index in [4.69, 9.17) is 4.74 Å². The van der Waals surface area contributed by atoms with E-state index in [1.807, 2.05) is 18.2 Å². The first kappa shape index (κ1) is 10.4. The molecule has 1 aromatic carbocycles. The molecule has 0 aliphatic heterocycles. The van der Waals surface area contributed by atoms with Crippen LogP contribution in [-0.4, -0.2) is 12.1 Å². The molecule has 0 radical (unpaired) electrons. The van der Waals surface area contributed by atoms with Crippen LogP contribution < -0.4 is 10.1 Å². The molecule has 1 N–H and O–H groups in total. The summed E-state index contributed by atoms with van der Waals surface area (Å²) in [6.45, 7) is 0. The largest absolute Gasteiger partial charge is 0.494 e. The monoisotopic (exact) mass is 218 g/mol. The van der Waals surface area contributed by atoms with Crippen LogP contribution in [0.2, 0.25) is 0 Å². The van der Waals surface area contributed by atoms with Gasteiger partial charge in [-0.15, -0.1) is 0 Å². The van der Waals surface area contributed by atoms with E-state index in [1.165, 1.54) is 13.2 Å². The Labute approximate surface area is 92.9 Å². The van der Waals surface area contributed by atoms with Gasteiger partial charge in [-0.05, 0) is 24.3 Å². The molecule has 0 unspecified atom stereocenters. The number of benzene rings is 1. The summed E-state index contributed by atoms with van der Waals surface area (Å²) < 4.78 is 18.2. The molecule has 4 heteroatoms. The summed E-state index contributed by atoms with van der Waals surface area (Å²) in [5, 5.41) is 2.99. The molecule has 2 rings (SSSR count). The fraction of sp³-hybridized carbons (Fsp3) is 0.0833. The number of nitrogens with one attached hydrogen (secondary N) is 1. The lowest BCUT2D eigenvalue weighted by Crippen LogP contribution is -1.94. The average Bonchev–Trinajstić information content (AvgIpc) is 2.31. The van der Waals surface area contributed by atoms with Crippen LogP contribution in [0.15, 0.2) is 42.6 Å². The molecule has 1 heterocycles. The molecule has 16 heavy (non-hydrogen) atoms. The van der Waals surface area contributed by atoms with Crippen LogP contribution in [-0.2, 0) is 0 Å². The zero-order valence-electron chi connectivity index (χ0n) is 8.77. The lowest BCUT2D eigenvalue weighted by molar-refractivity contribution is 0.386. The van der Waals surface area contributed by atoms with E-state index in [0.717, 1.165) is 0 Å². The van der Waals surface area contributed by atoms with Crippen LogP contribution in [0.4, 0.5) is 15.9 Å². The van der Waals surface area contributed by atoms with Gasteiger partial charge in [0.15, 0.2) is 11.6 Å². The molecule has 3 nitrogen and oxygen atoms in total. The van der Waals surface area contributed by atoms with E-state index in [-0.39, 0.29) is 5.75 Å². The molecule has 2 aromatic rings. The van der Waals surface area contributed by atoms with Gasteiger partial charge in [0.1, 0.15) is 5.82 Å². The van der Waals surface area contributed by atoms with Gasteiger partial charge in [-0.3, -0.25) is 0 Å². The fourth-order valence-electron chi connectivity index (χ4n) is 1.33. The lowest BCUT2D eigenvalue weighted by atomic mass is 10.3. The van der Waals surface area contributed by atoms with E-state index in [2.05, 4.69) is 10.3 Å². The number of halogens is 1. The second-order valence-electron chi connectivity index (χ2n) is 3.19. The van der Waals surface area contributed by atoms with Crippen molar-refractivity contribution in [2.45, 2.75) is 0 Å². The molecule has 0 aliphatic rings. The minimum absolute atomic E-state index is 0.228. The van der Waals surface area contributed by atoms with Gasteiger partial charge in [0.2, 0.25) is 0 Å². The quantitative estimate of drug-likeness (QED) is 0.859. The number of hydrogen-bond donors (Lipinski definition) is 1. The lowest BCUT2D eigenvalue weighted by Gasteiger charge is -2.07. The maximum Gasteiger partial charge on any atom is 0.167 e. The maximum absolute atomic E-state index is 13.4. The smallest absolute Gasteiger partial charge is 0.167 e. The van der Waals surface area contributed by atoms with Gasteiger partial charge in [-0.2, -0.15) is 0 Å². The second kappa shape index (κ2) is 4.61. The van der Waals surface area contributed by atoms with Crippen molar-refractivity contribution in [1.29, 1.82) is 0 Å². The Kier molecular flexibility index (Phi) is 3.00. The zero-order chi connectivity index (χ0) is 11.4. The Morgan fingerprint density at radius 1 is 1.25 bits per heavy atom. The van der Waals surface area contributed by atoms with E-state index in [1.54, 1.807) is 18.3 Å². The Hall–Kier alpha value is -2.10. The predicted octanol–water partition coefficient (Wildman–Crippen LogP) is 2.97. The molecule has 0 spiro atoms. The Balaban J connectivity index is 2.20. The van der Waals surface area contributed by atoms with Crippen molar-refractivity contribution >= 4 is 11.5 Å². The molecular formula is C12H11FN2O. The van der Waals surface area contributed by atoms with Gasteiger partial charge in [-0.1, -0.05) is 6.07 Å². The summed E-state index contributed by atoms with van der Waals surface area (Å²) in [7, 11) is 1.43. The number of nitrogens with zero attached hydrogens (tertiary/aromatic N) is 1. The summed E-state index contributed by atoms with van der Waals surface area (Å²) in [4.78, 5) is 4.08. The Bertz CT molecular complexity index is 474. The highest BCUT2D eigenvalue weighted by molar-refractivity contribution is 5.57. The average molecular weight is 218 g/mol. The topological polar surface area (TPSA) is 34.1 Å². The third-order valence-electron chi connectivity index (χ3n) is 2.09. The van der Waals surface area contributed by atoms with Crippen molar-refractivity contribution < 1.29 is 9.13 Å². The standard InChI is InChI=1S/C12H11FN2O/c1-16-11-6-5-9(8-10(11)13)15-12-4-2-3-7-14-12/h2-8H,1H3,(H,14,15). The van der Waals surface area contributed by atoms with Crippen molar-refractivity contribution in [2.75, 3.05) is 12.4 Å². The number of methoxy groups -OCH3 is 1. The first-order valence-corrected chi connectivity index (χ1v) is 4.81. The molecule has 0 aliphatic carbocycles. The number of aromatic nitrogens is 1. The molecule has 0 atom stereocenters. The van der Waals surface area contributed by atoms with Crippen molar-refractivity contribution in [2.24, 2.45) is 0 Å². The zero-order valence-corrected chi connectivity index (χ0v) is 8.77. The fourth-order valence-corrected chi connectivity index (χ4v) is 1.33. The predicted molar refractivity (Wildman–Crippen MR) is 60.5 cm³/mol. The summed E-state index contributed by atoms with van der Waals surface area (Å²) in [5.74, 6) is 0.502. The van der Waals surface area contributed by atoms with Crippen LogP contribution in [0.3, 0.4) is 0 Å². The molecule has 0 saturated heterocycles. The van der Waals surface area contributed by atoms with E-state index < -0.39 is 5.82 Å². The number of hydrogen-bond acceptors (Lipinski definition) is 3. The normalized spacial score (nSPS) is 9.88. The summed E-state index contributed by atoms with van der Waals surface area (Å²) >= 11 is 0. The molecule has 1 aromatic heterocycles. The van der Waals surface area contributed by atoms with Crippen molar-refractivity contribution in [3.05, 3.63) is 48.4 Å². The van der Waals surface area contributed by atoms with Crippen molar-refractivity contribution in [1.82, 2.24) is 4.98 Å². The molecule has 0 bridgehead atoms. The van der Waals surface area contributed by atoms with E-state index in [9.17, 15) is 4.39 Å². The number of ether oxygens (including phenoxy) is 1. The molecule has 82 valence electrons. The minimum atomic E-state index is -0.400. The van der Waals surface area contributed by atoms with Crippen LogP contribution >= 0.6 is 0 Å². The highest BCUT2D eigenvalue weighted by atomic mass is 19.1. The molecule has 0 saturated carbocycles. The first-order valence-electron chi connectivity index (χ1n) is 4.81. The third-order valence-corrected chi connectivity index (χ3v) is 2.09. The Morgan fingerprint density at radius 3 is 2.75 bits per heavy atom. The minimum Gasteiger partial charge on any atom is -0.494 e. The second-order valence-corrected chi connectivity index (χ2v) is 3.19. The molecule has 0 amide bonds. The van der Waals surface area contributed by atoms with Gasteiger partial charge in [0.05, 0.1) is 7.11 Å². The molecular weight excluding hydrogens is 207 g/mol. The van der Waals surface area contributed by atoms with Crippen LogP contribution in [0.1, 0.15) is 0 Å².